The van der Waals surface area contributed by atoms with Crippen molar-refractivity contribution in [2.45, 2.75) is 0 Å². The molecule has 19 heavy (non-hydrogen) atoms. The van der Waals surface area contributed by atoms with Gasteiger partial charge in [0.15, 0.2) is 11.5 Å². The van der Waals surface area contributed by atoms with Gasteiger partial charge in [-0.1, -0.05) is 29.8 Å². The van der Waals surface area contributed by atoms with E-state index >= 15 is 0 Å². The molecule has 2 aromatic rings. The molecule has 0 heterocycles. The molecular weight excluding hydrogens is 262 g/mol. The normalized spacial score (nSPS) is 10.1. The Morgan fingerprint density at radius 2 is 1.63 bits per heavy atom. The molecule has 0 aromatic heterocycles. The monoisotopic (exact) mass is 276 g/mol. The number of methoxy groups -OCH3 is 2. The molecule has 2 rings (SSSR count). The summed E-state index contributed by atoms with van der Waals surface area (Å²) in [6.45, 7) is -0.751. The van der Waals surface area contributed by atoms with E-state index in [9.17, 15) is 5.02 Å². The van der Waals surface area contributed by atoms with Crippen molar-refractivity contribution in [2.24, 2.45) is 0 Å². The van der Waals surface area contributed by atoms with Gasteiger partial charge in [-0.15, -0.1) is 0 Å². The van der Waals surface area contributed by atoms with E-state index in [0.717, 1.165) is 10.9 Å². The van der Waals surface area contributed by atoms with Crippen molar-refractivity contribution >= 4 is 29.4 Å². The van der Waals surface area contributed by atoms with Gasteiger partial charge in [0.25, 0.3) is 0 Å². The second-order valence-electron chi connectivity index (χ2n) is 4.07. The van der Waals surface area contributed by atoms with E-state index in [1.54, 1.807) is 44.6 Å². The van der Waals surface area contributed by atoms with Crippen LogP contribution in [0.4, 0.5) is 0 Å². The summed E-state index contributed by atoms with van der Waals surface area (Å²) in [7, 11) is 3.14. The molecule has 0 amide bonds. The fourth-order valence-corrected chi connectivity index (χ4v) is 2.09. The third-order valence-electron chi connectivity index (χ3n) is 2.89. The fourth-order valence-electron chi connectivity index (χ4n) is 1.89. The van der Waals surface area contributed by atoms with Crippen molar-refractivity contribution in [3.63, 3.8) is 0 Å². The fraction of sp³-hybridized carbons (Fsp3) is 0.143. The van der Waals surface area contributed by atoms with Crippen molar-refractivity contribution in [1.29, 1.82) is 0 Å². The Hall–Kier alpha value is -1.65. The van der Waals surface area contributed by atoms with Crippen LogP contribution in [0, 0.1) is 0 Å². The molecular formula is C14H14BClO3. The van der Waals surface area contributed by atoms with E-state index in [1.807, 2.05) is 12.1 Å². The van der Waals surface area contributed by atoms with Gasteiger partial charge in [0, 0.05) is 5.02 Å². The second kappa shape index (κ2) is 6.00. The molecule has 0 spiro atoms. The van der Waals surface area contributed by atoms with Gasteiger partial charge in [0.05, 0.1) is 14.2 Å². The van der Waals surface area contributed by atoms with Gasteiger partial charge in [-0.3, -0.25) is 0 Å². The summed E-state index contributed by atoms with van der Waals surface area (Å²) < 4.78 is 10.4. The van der Waals surface area contributed by atoms with Crippen LogP contribution >= 0.6 is 11.6 Å². The van der Waals surface area contributed by atoms with Crippen LogP contribution in [0.15, 0.2) is 42.5 Å². The van der Waals surface area contributed by atoms with Crippen LogP contribution < -0.4 is 20.4 Å². The van der Waals surface area contributed by atoms with E-state index in [2.05, 4.69) is 0 Å². The summed E-state index contributed by atoms with van der Waals surface area (Å²) in [4.78, 5) is 0. The van der Waals surface area contributed by atoms with E-state index in [0.29, 0.717) is 16.5 Å². The minimum atomic E-state index is -0.751. The zero-order chi connectivity index (χ0) is 13.8. The van der Waals surface area contributed by atoms with E-state index in [-0.39, 0.29) is 0 Å². The maximum absolute atomic E-state index is 10.3. The van der Waals surface area contributed by atoms with E-state index in [1.165, 1.54) is 0 Å². The zero-order valence-corrected chi connectivity index (χ0v) is 11.5. The predicted molar refractivity (Wildman–Crippen MR) is 78.2 cm³/mol. The molecule has 0 aliphatic rings. The van der Waals surface area contributed by atoms with Crippen LogP contribution in [0.3, 0.4) is 0 Å². The lowest BCUT2D eigenvalue weighted by atomic mass is 9.56. The van der Waals surface area contributed by atoms with Gasteiger partial charge >= 0.3 is 6.92 Å². The zero-order valence-electron chi connectivity index (χ0n) is 10.8. The van der Waals surface area contributed by atoms with Crippen LogP contribution in [-0.4, -0.2) is 26.2 Å². The first kappa shape index (κ1) is 13.8. The SMILES string of the molecule is COc1ccc(B(O)c2cccc(Cl)c2)cc1OC. The predicted octanol–water partition coefficient (Wildman–Crippen LogP) is 1.46. The Kier molecular flexibility index (Phi) is 4.35. The lowest BCUT2D eigenvalue weighted by Crippen LogP contribution is -2.42. The van der Waals surface area contributed by atoms with Crippen LogP contribution in [-0.2, 0) is 0 Å². The average Bonchev–Trinajstić information content (AvgIpc) is 2.45. The molecule has 5 heteroatoms. The third-order valence-corrected chi connectivity index (χ3v) is 3.12. The Morgan fingerprint density at radius 3 is 2.26 bits per heavy atom. The molecule has 0 bridgehead atoms. The third kappa shape index (κ3) is 3.03. The standard InChI is InChI=1S/C14H14BClO3/c1-18-13-7-6-11(9-14(13)19-2)15(17)10-4-3-5-12(16)8-10/h3-9,17H,1-2H3. The Morgan fingerprint density at radius 1 is 0.947 bits per heavy atom. The van der Waals surface area contributed by atoms with Crippen LogP contribution in [0.5, 0.6) is 11.5 Å². The number of rotatable bonds is 4. The quantitative estimate of drug-likeness (QED) is 0.859. The summed E-state index contributed by atoms with van der Waals surface area (Å²) in [6.07, 6.45) is 0. The molecule has 0 saturated carbocycles. The highest BCUT2D eigenvalue weighted by atomic mass is 35.5. The first-order chi connectivity index (χ1) is 9.15. The lowest BCUT2D eigenvalue weighted by Gasteiger charge is -2.12. The highest BCUT2D eigenvalue weighted by Crippen LogP contribution is 2.24. The molecule has 0 aliphatic heterocycles. The molecule has 0 unspecified atom stereocenters. The molecule has 1 N–H and O–H groups in total. The molecule has 0 fully saturated rings. The highest BCUT2D eigenvalue weighted by molar-refractivity contribution is 6.79. The largest absolute Gasteiger partial charge is 0.493 e. The number of halogens is 1. The summed E-state index contributed by atoms with van der Waals surface area (Å²) in [5.74, 6) is 1.21. The van der Waals surface area contributed by atoms with Gasteiger partial charge in [0.2, 0.25) is 0 Å². The van der Waals surface area contributed by atoms with Gasteiger partial charge in [-0.2, -0.15) is 0 Å². The van der Waals surface area contributed by atoms with Crippen LogP contribution in [0.2, 0.25) is 5.02 Å². The Balaban J connectivity index is 2.36. The molecule has 0 radical (unpaired) electrons. The number of hydrogen-bond donors (Lipinski definition) is 1. The Bertz CT molecular complexity index is 574. The highest BCUT2D eigenvalue weighted by Gasteiger charge is 2.19. The smallest absolute Gasteiger partial charge is 0.359 e. The Labute approximate surface area is 117 Å². The topological polar surface area (TPSA) is 38.7 Å². The van der Waals surface area contributed by atoms with Gasteiger partial charge in [-0.05, 0) is 35.2 Å². The summed E-state index contributed by atoms with van der Waals surface area (Å²) in [5, 5.41) is 10.9. The average molecular weight is 277 g/mol. The van der Waals surface area contributed by atoms with Crippen LogP contribution in [0.1, 0.15) is 0 Å². The first-order valence-corrected chi connectivity index (χ1v) is 6.19. The minimum Gasteiger partial charge on any atom is -0.493 e. The van der Waals surface area contributed by atoms with Crippen molar-refractivity contribution in [1.82, 2.24) is 0 Å². The summed E-state index contributed by atoms with van der Waals surface area (Å²) >= 11 is 5.93. The van der Waals surface area contributed by atoms with Crippen molar-refractivity contribution in [3.05, 3.63) is 47.5 Å². The molecule has 0 aliphatic carbocycles. The molecule has 0 atom stereocenters. The molecule has 0 saturated heterocycles. The summed E-state index contributed by atoms with van der Waals surface area (Å²) in [5.41, 5.74) is 1.46. The maximum atomic E-state index is 10.3. The van der Waals surface area contributed by atoms with Gasteiger partial charge < -0.3 is 14.5 Å². The molecule has 2 aromatic carbocycles. The second-order valence-corrected chi connectivity index (χ2v) is 4.51. The first-order valence-electron chi connectivity index (χ1n) is 5.81. The van der Waals surface area contributed by atoms with Gasteiger partial charge in [0.1, 0.15) is 0 Å². The molecule has 98 valence electrons. The number of hydrogen-bond acceptors (Lipinski definition) is 3. The van der Waals surface area contributed by atoms with Crippen molar-refractivity contribution in [2.75, 3.05) is 14.2 Å². The maximum Gasteiger partial charge on any atom is 0.359 e. The number of ether oxygens (including phenoxy) is 2. The van der Waals surface area contributed by atoms with E-state index < -0.39 is 6.92 Å². The lowest BCUT2D eigenvalue weighted by molar-refractivity contribution is 0.355. The molecule has 3 nitrogen and oxygen atoms in total. The minimum absolute atomic E-state index is 0.584. The summed E-state index contributed by atoms with van der Waals surface area (Å²) in [6, 6.07) is 12.5. The van der Waals surface area contributed by atoms with Crippen molar-refractivity contribution in [3.8, 4) is 11.5 Å². The van der Waals surface area contributed by atoms with Crippen molar-refractivity contribution < 1.29 is 14.5 Å². The van der Waals surface area contributed by atoms with Gasteiger partial charge in [-0.25, -0.2) is 0 Å². The van der Waals surface area contributed by atoms with E-state index in [4.69, 9.17) is 21.1 Å². The van der Waals surface area contributed by atoms with Crippen LogP contribution in [0.25, 0.3) is 0 Å². The number of benzene rings is 2.